The topological polar surface area (TPSA) is 25.6 Å². The summed E-state index contributed by atoms with van der Waals surface area (Å²) < 4.78 is 4.89. The lowest BCUT2D eigenvalue weighted by atomic mass is 10.1. The second kappa shape index (κ2) is 8.37. The predicted molar refractivity (Wildman–Crippen MR) is 182 cm³/mol. The summed E-state index contributed by atoms with van der Waals surface area (Å²) in [6.45, 7) is 0. The van der Waals surface area contributed by atoms with Crippen LogP contribution in [0.3, 0.4) is 0 Å². The Morgan fingerprint density at radius 1 is 0.372 bits per heavy atom. The number of H-pyrrole nitrogens is 1. The zero-order valence-corrected chi connectivity index (χ0v) is 23.3. The molecule has 3 heterocycles. The molecule has 0 unspecified atom stereocenters. The van der Waals surface area contributed by atoms with Crippen LogP contribution < -0.4 is 0 Å². The summed E-state index contributed by atoms with van der Waals surface area (Å²) in [5.74, 6) is 0. The number of hydrogen-bond donors (Lipinski definition) is 1. The highest BCUT2D eigenvalue weighted by molar-refractivity contribution is 6.21. The monoisotopic (exact) mass is 547 g/mol. The zero-order chi connectivity index (χ0) is 28.1. The summed E-state index contributed by atoms with van der Waals surface area (Å²) >= 11 is 0. The highest BCUT2D eigenvalue weighted by atomic mass is 15.0. The maximum atomic E-state index is 3.87. The minimum atomic E-state index is 1.13. The molecular formula is C40H25N3. The van der Waals surface area contributed by atoms with Crippen LogP contribution in [0.2, 0.25) is 0 Å². The molecule has 0 saturated carbocycles. The third kappa shape index (κ3) is 2.98. The van der Waals surface area contributed by atoms with Gasteiger partial charge in [-0.3, -0.25) is 0 Å². The number of fused-ring (bicyclic) bond motifs is 11. The lowest BCUT2D eigenvalue weighted by Gasteiger charge is -2.12. The van der Waals surface area contributed by atoms with E-state index in [0.717, 1.165) is 16.7 Å². The van der Waals surface area contributed by atoms with Gasteiger partial charge in [0.25, 0.3) is 0 Å². The van der Waals surface area contributed by atoms with Gasteiger partial charge in [-0.15, -0.1) is 0 Å². The van der Waals surface area contributed by atoms with Gasteiger partial charge in [0.05, 0.1) is 39.0 Å². The van der Waals surface area contributed by atoms with E-state index in [9.17, 15) is 0 Å². The minimum Gasteiger partial charge on any atom is -0.353 e. The van der Waals surface area contributed by atoms with Crippen molar-refractivity contribution in [3.05, 3.63) is 146 Å². The van der Waals surface area contributed by atoms with Gasteiger partial charge in [-0.25, -0.2) is 0 Å². The number of rotatable bonds is 2. The lowest BCUT2D eigenvalue weighted by molar-refractivity contribution is 1.19. The van der Waals surface area contributed by atoms with Gasteiger partial charge in [0.15, 0.2) is 0 Å². The molecule has 0 aliphatic carbocycles. The van der Waals surface area contributed by atoms with Gasteiger partial charge in [0.1, 0.15) is 0 Å². The first kappa shape index (κ1) is 22.8. The SMILES string of the molecule is c1ccc2c(c1)ccc1c3ccccc3n(-c3cccc4[nH]c5c(-n6c7ccccc7c7ccccc76)cccc5c34)c21. The molecule has 0 radical (unpaired) electrons. The maximum Gasteiger partial charge on any atom is 0.0710 e. The predicted octanol–water partition coefficient (Wildman–Crippen LogP) is 10.7. The molecule has 0 aliphatic rings. The van der Waals surface area contributed by atoms with E-state index in [-0.39, 0.29) is 0 Å². The molecular weight excluding hydrogens is 522 g/mol. The van der Waals surface area contributed by atoms with Crippen LogP contribution in [0.4, 0.5) is 0 Å². The van der Waals surface area contributed by atoms with Gasteiger partial charge in [0, 0.05) is 43.2 Å². The molecule has 0 atom stereocenters. The Labute approximate surface area is 246 Å². The molecule has 10 aromatic rings. The highest BCUT2D eigenvalue weighted by Crippen LogP contribution is 2.41. The number of nitrogens with zero attached hydrogens (tertiary/aromatic N) is 2. The van der Waals surface area contributed by atoms with E-state index in [0.29, 0.717) is 0 Å². The van der Waals surface area contributed by atoms with Crippen LogP contribution >= 0.6 is 0 Å². The normalized spacial score (nSPS) is 12.2. The highest BCUT2D eigenvalue weighted by Gasteiger charge is 2.20. The summed E-state index contributed by atoms with van der Waals surface area (Å²) in [5.41, 5.74) is 9.51. The third-order valence-electron chi connectivity index (χ3n) is 9.24. The molecule has 0 bridgehead atoms. The first-order valence-corrected chi connectivity index (χ1v) is 14.8. The first-order chi connectivity index (χ1) is 21.4. The number of hydrogen-bond acceptors (Lipinski definition) is 0. The molecule has 3 aromatic heterocycles. The number of para-hydroxylation sites is 4. The summed E-state index contributed by atoms with van der Waals surface area (Å²) in [7, 11) is 0. The quantitative estimate of drug-likeness (QED) is 0.223. The van der Waals surface area contributed by atoms with Crippen LogP contribution in [-0.4, -0.2) is 14.1 Å². The molecule has 0 fully saturated rings. The van der Waals surface area contributed by atoms with Gasteiger partial charge in [-0.1, -0.05) is 109 Å². The van der Waals surface area contributed by atoms with E-state index in [1.807, 2.05) is 0 Å². The molecule has 200 valence electrons. The number of aromatic amines is 1. The third-order valence-corrected chi connectivity index (χ3v) is 9.24. The van der Waals surface area contributed by atoms with E-state index < -0.39 is 0 Å². The van der Waals surface area contributed by atoms with Crippen LogP contribution in [0.1, 0.15) is 0 Å². The largest absolute Gasteiger partial charge is 0.353 e. The Morgan fingerprint density at radius 2 is 0.930 bits per heavy atom. The van der Waals surface area contributed by atoms with Crippen LogP contribution in [0, 0.1) is 0 Å². The van der Waals surface area contributed by atoms with Crippen molar-refractivity contribution in [1.82, 2.24) is 14.1 Å². The smallest absolute Gasteiger partial charge is 0.0710 e. The van der Waals surface area contributed by atoms with Gasteiger partial charge < -0.3 is 14.1 Å². The molecule has 3 heteroatoms. The Kier molecular flexibility index (Phi) is 4.45. The number of nitrogens with one attached hydrogen (secondary N) is 1. The van der Waals surface area contributed by atoms with Crippen molar-refractivity contribution in [1.29, 1.82) is 0 Å². The second-order valence-electron chi connectivity index (χ2n) is 11.4. The molecule has 43 heavy (non-hydrogen) atoms. The molecule has 1 N–H and O–H groups in total. The first-order valence-electron chi connectivity index (χ1n) is 14.8. The molecule has 3 nitrogen and oxygen atoms in total. The molecule has 7 aromatic carbocycles. The van der Waals surface area contributed by atoms with Gasteiger partial charge >= 0.3 is 0 Å². The standard InChI is InChI=1S/C40H25N3/c1-2-12-26-25(11-1)23-24-30-29-15-5-8-20-35(29)43(40(26)30)36-21-10-17-32-38(36)31-16-9-22-37(39(31)41-32)42-33-18-6-3-13-27(33)28-14-4-7-19-34(28)42/h1-24,41H. The Hall–Kier alpha value is -5.80. The van der Waals surface area contributed by atoms with E-state index >= 15 is 0 Å². The molecule has 0 saturated heterocycles. The Bertz CT molecular complexity index is 2680. The van der Waals surface area contributed by atoms with Crippen molar-refractivity contribution in [3.8, 4) is 11.4 Å². The van der Waals surface area contributed by atoms with E-state index in [1.54, 1.807) is 0 Å². The van der Waals surface area contributed by atoms with E-state index in [2.05, 4.69) is 160 Å². The summed E-state index contributed by atoms with van der Waals surface area (Å²) in [6.07, 6.45) is 0. The van der Waals surface area contributed by atoms with Crippen LogP contribution in [0.15, 0.2) is 146 Å². The number of benzene rings is 7. The number of aromatic nitrogens is 3. The molecule has 0 spiro atoms. The van der Waals surface area contributed by atoms with Crippen molar-refractivity contribution in [2.24, 2.45) is 0 Å². The fourth-order valence-electron chi connectivity index (χ4n) is 7.48. The van der Waals surface area contributed by atoms with Crippen LogP contribution in [0.5, 0.6) is 0 Å². The molecule has 0 aliphatic heterocycles. The van der Waals surface area contributed by atoms with Crippen molar-refractivity contribution in [2.45, 2.75) is 0 Å². The summed E-state index contributed by atoms with van der Waals surface area (Å²) in [4.78, 5) is 3.87. The Balaban J connectivity index is 1.36. The van der Waals surface area contributed by atoms with Crippen LogP contribution in [0.25, 0.3) is 87.6 Å². The zero-order valence-electron chi connectivity index (χ0n) is 23.3. The van der Waals surface area contributed by atoms with Crippen LogP contribution in [-0.2, 0) is 0 Å². The average molecular weight is 548 g/mol. The van der Waals surface area contributed by atoms with E-state index in [1.165, 1.54) is 70.8 Å². The molecule has 10 rings (SSSR count). The van der Waals surface area contributed by atoms with Crippen molar-refractivity contribution in [2.75, 3.05) is 0 Å². The fraction of sp³-hybridized carbons (Fsp3) is 0. The van der Waals surface area contributed by atoms with Gasteiger partial charge in [0.2, 0.25) is 0 Å². The maximum absolute atomic E-state index is 3.87. The molecule has 0 amide bonds. The van der Waals surface area contributed by atoms with Gasteiger partial charge in [-0.2, -0.15) is 0 Å². The average Bonchev–Trinajstić information content (AvgIpc) is 3.73. The van der Waals surface area contributed by atoms with E-state index in [4.69, 9.17) is 0 Å². The Morgan fingerprint density at radius 3 is 1.67 bits per heavy atom. The van der Waals surface area contributed by atoms with Crippen molar-refractivity contribution < 1.29 is 0 Å². The van der Waals surface area contributed by atoms with Gasteiger partial charge in [-0.05, 0) is 41.8 Å². The summed E-state index contributed by atoms with van der Waals surface area (Å²) in [6, 6.07) is 52.9. The lowest BCUT2D eigenvalue weighted by Crippen LogP contribution is -1.96. The van der Waals surface area contributed by atoms with Crippen molar-refractivity contribution >= 4 is 76.2 Å². The fourth-order valence-corrected chi connectivity index (χ4v) is 7.48. The van der Waals surface area contributed by atoms with Crippen molar-refractivity contribution in [3.63, 3.8) is 0 Å². The second-order valence-corrected chi connectivity index (χ2v) is 11.4. The minimum absolute atomic E-state index is 1.13. The summed E-state index contributed by atoms with van der Waals surface area (Å²) in [5, 5.41) is 10.0.